The van der Waals surface area contributed by atoms with Crippen molar-refractivity contribution in [3.05, 3.63) is 48.2 Å². The number of carbonyl (C=O) groups is 1. The molecule has 0 saturated carbocycles. The van der Waals surface area contributed by atoms with Crippen LogP contribution in [-0.2, 0) is 11.8 Å². The topological polar surface area (TPSA) is 79.4 Å². The van der Waals surface area contributed by atoms with E-state index in [1.165, 1.54) is 0 Å². The highest BCUT2D eigenvalue weighted by atomic mass is 16.6. The standard InChI is InChI=1S/C20H21N3O3/c1-20(2)11-25-17-9-12(7-8-14(17)18(20)26-19(21)24)13-5-4-6-16-15(13)10-22-23(16)3/h4-10,18H,11H2,1-3H3,(H2,21,24). The third kappa shape index (κ3) is 2.58. The predicted octanol–water partition coefficient (Wildman–Crippen LogP) is 3.80. The number of aryl methyl sites for hydroxylation is 1. The van der Waals surface area contributed by atoms with Crippen LogP contribution in [0.3, 0.4) is 0 Å². The summed E-state index contributed by atoms with van der Waals surface area (Å²) < 4.78 is 13.2. The molecule has 2 N–H and O–H groups in total. The first kappa shape index (κ1) is 16.4. The summed E-state index contributed by atoms with van der Waals surface area (Å²) in [6.07, 6.45) is 0.653. The Kier molecular flexibility index (Phi) is 3.64. The van der Waals surface area contributed by atoms with Gasteiger partial charge in [-0.25, -0.2) is 4.79 Å². The Hall–Kier alpha value is -3.02. The van der Waals surface area contributed by atoms with Gasteiger partial charge in [0.15, 0.2) is 0 Å². The maximum atomic E-state index is 11.4. The molecule has 2 aromatic carbocycles. The van der Waals surface area contributed by atoms with Crippen LogP contribution < -0.4 is 10.5 Å². The van der Waals surface area contributed by atoms with Crippen molar-refractivity contribution < 1.29 is 14.3 Å². The molecule has 1 aromatic heterocycles. The van der Waals surface area contributed by atoms with Crippen molar-refractivity contribution in [1.29, 1.82) is 0 Å². The van der Waals surface area contributed by atoms with Gasteiger partial charge in [-0.2, -0.15) is 5.10 Å². The van der Waals surface area contributed by atoms with Crippen molar-refractivity contribution in [3.8, 4) is 16.9 Å². The van der Waals surface area contributed by atoms with Crippen molar-refractivity contribution >= 4 is 17.0 Å². The average Bonchev–Trinajstić information content (AvgIpc) is 2.98. The third-order valence-corrected chi connectivity index (χ3v) is 4.94. The Morgan fingerprint density at radius 2 is 2.15 bits per heavy atom. The lowest BCUT2D eigenvalue weighted by Gasteiger charge is -2.38. The van der Waals surface area contributed by atoms with Crippen molar-refractivity contribution in [2.75, 3.05) is 6.61 Å². The van der Waals surface area contributed by atoms with Crippen molar-refractivity contribution in [2.24, 2.45) is 18.2 Å². The number of ether oxygens (including phenoxy) is 2. The molecule has 0 spiro atoms. The predicted molar refractivity (Wildman–Crippen MR) is 98.8 cm³/mol. The van der Waals surface area contributed by atoms with E-state index in [1.54, 1.807) is 0 Å². The summed E-state index contributed by atoms with van der Waals surface area (Å²) in [5, 5.41) is 5.43. The van der Waals surface area contributed by atoms with E-state index in [2.05, 4.69) is 11.2 Å². The van der Waals surface area contributed by atoms with E-state index in [0.717, 1.165) is 27.6 Å². The summed E-state index contributed by atoms with van der Waals surface area (Å²) in [6.45, 7) is 4.43. The highest BCUT2D eigenvalue weighted by molar-refractivity contribution is 5.94. The highest BCUT2D eigenvalue weighted by Crippen LogP contribution is 2.46. The molecule has 134 valence electrons. The number of rotatable bonds is 2. The number of aromatic nitrogens is 2. The molecule has 2 heterocycles. The Labute approximate surface area is 151 Å². The number of carbonyl (C=O) groups excluding carboxylic acids is 1. The number of primary amides is 1. The van der Waals surface area contributed by atoms with Crippen LogP contribution in [0.1, 0.15) is 25.5 Å². The Morgan fingerprint density at radius 3 is 2.92 bits per heavy atom. The Balaban J connectivity index is 1.81. The molecule has 0 fully saturated rings. The maximum absolute atomic E-state index is 11.4. The number of nitrogens with zero attached hydrogens (tertiary/aromatic N) is 2. The zero-order valence-corrected chi connectivity index (χ0v) is 15.0. The van der Waals surface area contributed by atoms with Gasteiger partial charge >= 0.3 is 6.09 Å². The Morgan fingerprint density at radius 1 is 1.35 bits per heavy atom. The monoisotopic (exact) mass is 351 g/mol. The van der Waals surface area contributed by atoms with Gasteiger partial charge in [0.2, 0.25) is 0 Å². The van der Waals surface area contributed by atoms with E-state index in [0.29, 0.717) is 12.4 Å². The molecule has 3 aromatic rings. The molecule has 0 bridgehead atoms. The van der Waals surface area contributed by atoms with Crippen LogP contribution in [-0.4, -0.2) is 22.5 Å². The zero-order valence-electron chi connectivity index (χ0n) is 15.0. The number of hydrogen-bond acceptors (Lipinski definition) is 4. The summed E-state index contributed by atoms with van der Waals surface area (Å²) in [5.41, 5.74) is 8.93. The number of hydrogen-bond donors (Lipinski definition) is 1. The first-order valence-corrected chi connectivity index (χ1v) is 8.51. The van der Waals surface area contributed by atoms with Gasteiger partial charge in [-0.1, -0.05) is 38.1 Å². The van der Waals surface area contributed by atoms with Gasteiger partial charge < -0.3 is 15.2 Å². The second-order valence-corrected chi connectivity index (χ2v) is 7.35. The van der Waals surface area contributed by atoms with E-state index < -0.39 is 12.2 Å². The van der Waals surface area contributed by atoms with Crippen molar-refractivity contribution in [1.82, 2.24) is 9.78 Å². The summed E-state index contributed by atoms with van der Waals surface area (Å²) >= 11 is 0. The fourth-order valence-corrected chi connectivity index (χ4v) is 3.57. The van der Waals surface area contributed by atoms with Gasteiger partial charge in [-0.3, -0.25) is 4.68 Å². The Bertz CT molecular complexity index is 1010. The number of benzene rings is 2. The summed E-state index contributed by atoms with van der Waals surface area (Å²) in [4.78, 5) is 11.4. The fraction of sp³-hybridized carbons (Fsp3) is 0.300. The number of amides is 1. The molecule has 0 saturated heterocycles. The molecule has 1 atom stereocenters. The largest absolute Gasteiger partial charge is 0.492 e. The minimum Gasteiger partial charge on any atom is -0.492 e. The third-order valence-electron chi connectivity index (χ3n) is 4.94. The van der Waals surface area contributed by atoms with Crippen LogP contribution in [0.15, 0.2) is 42.6 Å². The van der Waals surface area contributed by atoms with Gasteiger partial charge in [-0.15, -0.1) is 0 Å². The number of fused-ring (bicyclic) bond motifs is 2. The zero-order chi connectivity index (χ0) is 18.5. The van der Waals surface area contributed by atoms with E-state index in [1.807, 2.05) is 62.1 Å². The normalized spacial score (nSPS) is 18.2. The lowest BCUT2D eigenvalue weighted by Crippen LogP contribution is -2.37. The molecular weight excluding hydrogens is 330 g/mol. The molecule has 0 radical (unpaired) electrons. The average molecular weight is 351 g/mol. The van der Waals surface area contributed by atoms with Gasteiger partial charge in [0, 0.05) is 23.4 Å². The summed E-state index contributed by atoms with van der Waals surface area (Å²) in [6, 6.07) is 12.1. The molecule has 0 aliphatic carbocycles. The molecule has 26 heavy (non-hydrogen) atoms. The highest BCUT2D eigenvalue weighted by Gasteiger charge is 2.40. The van der Waals surface area contributed by atoms with E-state index in [9.17, 15) is 4.79 Å². The van der Waals surface area contributed by atoms with E-state index >= 15 is 0 Å². The van der Waals surface area contributed by atoms with Crippen LogP contribution in [0.2, 0.25) is 0 Å². The molecule has 6 heteroatoms. The molecular formula is C20H21N3O3. The minimum absolute atomic E-state index is 0.354. The molecule has 1 aliphatic heterocycles. The summed E-state index contributed by atoms with van der Waals surface area (Å²) in [5.74, 6) is 0.717. The molecule has 1 unspecified atom stereocenters. The van der Waals surface area contributed by atoms with Crippen molar-refractivity contribution in [2.45, 2.75) is 20.0 Å². The van der Waals surface area contributed by atoms with Gasteiger partial charge in [-0.05, 0) is 23.3 Å². The fourth-order valence-electron chi connectivity index (χ4n) is 3.57. The number of nitrogens with two attached hydrogens (primary N) is 1. The molecule has 6 nitrogen and oxygen atoms in total. The SMILES string of the molecule is Cn1ncc2c(-c3ccc4c(c3)OCC(C)(C)C4OC(N)=O)cccc21. The van der Waals surface area contributed by atoms with Crippen LogP contribution in [0.25, 0.3) is 22.0 Å². The van der Waals surface area contributed by atoms with Crippen molar-refractivity contribution in [3.63, 3.8) is 0 Å². The quantitative estimate of drug-likeness (QED) is 0.762. The lowest BCUT2D eigenvalue weighted by molar-refractivity contribution is -0.0176. The first-order chi connectivity index (χ1) is 12.4. The van der Waals surface area contributed by atoms with Crippen LogP contribution in [0, 0.1) is 5.41 Å². The summed E-state index contributed by atoms with van der Waals surface area (Å²) in [7, 11) is 1.93. The molecule has 1 aliphatic rings. The van der Waals surface area contributed by atoms with Crippen LogP contribution in [0.5, 0.6) is 5.75 Å². The lowest BCUT2D eigenvalue weighted by atomic mass is 9.80. The van der Waals surface area contributed by atoms with E-state index in [-0.39, 0.29) is 5.41 Å². The molecule has 4 rings (SSSR count). The van der Waals surface area contributed by atoms with Gasteiger partial charge in [0.05, 0.1) is 18.3 Å². The second kappa shape index (κ2) is 5.76. The van der Waals surface area contributed by atoms with Crippen LogP contribution >= 0.6 is 0 Å². The minimum atomic E-state index is -0.778. The second-order valence-electron chi connectivity index (χ2n) is 7.35. The smallest absolute Gasteiger partial charge is 0.405 e. The maximum Gasteiger partial charge on any atom is 0.405 e. The van der Waals surface area contributed by atoms with E-state index in [4.69, 9.17) is 15.2 Å². The molecule has 1 amide bonds. The van der Waals surface area contributed by atoms with Gasteiger partial charge in [0.1, 0.15) is 11.9 Å². The first-order valence-electron chi connectivity index (χ1n) is 8.51. The van der Waals surface area contributed by atoms with Crippen LogP contribution in [0.4, 0.5) is 4.79 Å². The van der Waals surface area contributed by atoms with Gasteiger partial charge in [0.25, 0.3) is 0 Å².